The largest absolute Gasteiger partial charge is 0.454 e. The number of cyclic esters (lactones) is 1. The molecule has 3 unspecified atom stereocenters. The highest BCUT2D eigenvalue weighted by Crippen LogP contribution is 2.36. The Balaban J connectivity index is 1.26. The van der Waals surface area contributed by atoms with E-state index in [9.17, 15) is 14.4 Å². The van der Waals surface area contributed by atoms with Gasteiger partial charge in [-0.05, 0) is 47.7 Å². The molecule has 0 spiro atoms. The molecule has 1 fully saturated rings. The number of carbonyl (C=O) groups excluding carboxylic acids is 2. The lowest BCUT2D eigenvalue weighted by atomic mass is 9.83. The van der Waals surface area contributed by atoms with E-state index in [0.717, 1.165) is 23.2 Å². The standard InChI is InChI=1S/C27H24N2O4/c30-25-8-4-7-23-21-11-17(15-29(23)25)14-28(16-21)26(31)19-9-10-22-20(12-19)13-24(33-27(22)32)18-5-2-1-3-6-18/h1-10,12,17,21,24H,11,13-16H2. The zero-order chi connectivity index (χ0) is 22.5. The predicted octanol–water partition coefficient (Wildman–Crippen LogP) is 3.56. The Morgan fingerprint density at radius 2 is 1.76 bits per heavy atom. The molecule has 3 aromatic rings. The summed E-state index contributed by atoms with van der Waals surface area (Å²) in [7, 11) is 0. The smallest absolute Gasteiger partial charge is 0.339 e. The van der Waals surface area contributed by atoms with Crippen LogP contribution in [-0.2, 0) is 17.7 Å². The summed E-state index contributed by atoms with van der Waals surface area (Å²) in [5, 5.41) is 0. The molecule has 4 heterocycles. The summed E-state index contributed by atoms with van der Waals surface area (Å²) in [6, 6.07) is 20.4. The maximum Gasteiger partial charge on any atom is 0.339 e. The Kier molecular flexibility index (Phi) is 4.68. The predicted molar refractivity (Wildman–Crippen MR) is 122 cm³/mol. The summed E-state index contributed by atoms with van der Waals surface area (Å²) in [4.78, 5) is 40.2. The highest BCUT2D eigenvalue weighted by atomic mass is 16.5. The van der Waals surface area contributed by atoms with Crippen molar-refractivity contribution in [3.8, 4) is 0 Å². The lowest BCUT2D eigenvalue weighted by molar-refractivity contribution is 0.0252. The third-order valence-corrected chi connectivity index (χ3v) is 7.17. The van der Waals surface area contributed by atoms with E-state index >= 15 is 0 Å². The van der Waals surface area contributed by atoms with Crippen LogP contribution in [0.25, 0.3) is 0 Å². The number of aromatic nitrogens is 1. The number of benzene rings is 2. The summed E-state index contributed by atoms with van der Waals surface area (Å²) in [5.41, 5.74) is 3.99. The molecule has 166 valence electrons. The van der Waals surface area contributed by atoms with Crippen LogP contribution in [0.15, 0.2) is 71.5 Å². The number of piperidine rings is 1. The minimum absolute atomic E-state index is 0.0190. The minimum atomic E-state index is -0.348. The van der Waals surface area contributed by atoms with Gasteiger partial charge in [0, 0.05) is 49.3 Å². The first kappa shape index (κ1) is 20.0. The van der Waals surface area contributed by atoms with Gasteiger partial charge in [-0.1, -0.05) is 36.4 Å². The van der Waals surface area contributed by atoms with Gasteiger partial charge in [0.15, 0.2) is 0 Å². The molecule has 6 nitrogen and oxygen atoms in total. The van der Waals surface area contributed by atoms with Crippen LogP contribution in [0.3, 0.4) is 0 Å². The molecule has 1 saturated heterocycles. The summed E-state index contributed by atoms with van der Waals surface area (Å²) >= 11 is 0. The topological polar surface area (TPSA) is 68.6 Å². The number of hydrogen-bond donors (Lipinski definition) is 0. The van der Waals surface area contributed by atoms with Gasteiger partial charge in [-0.15, -0.1) is 0 Å². The fourth-order valence-electron chi connectivity index (χ4n) is 5.63. The number of nitrogens with zero attached hydrogens (tertiary/aromatic N) is 2. The molecule has 0 N–H and O–H groups in total. The zero-order valence-electron chi connectivity index (χ0n) is 18.1. The van der Waals surface area contributed by atoms with Gasteiger partial charge < -0.3 is 14.2 Å². The van der Waals surface area contributed by atoms with Crippen molar-refractivity contribution in [3.63, 3.8) is 0 Å². The van der Waals surface area contributed by atoms with Gasteiger partial charge in [0.2, 0.25) is 0 Å². The number of rotatable bonds is 2. The number of carbonyl (C=O) groups is 2. The summed E-state index contributed by atoms with van der Waals surface area (Å²) < 4.78 is 7.52. The maximum atomic E-state index is 13.5. The van der Waals surface area contributed by atoms with Crippen molar-refractivity contribution in [2.45, 2.75) is 31.4 Å². The van der Waals surface area contributed by atoms with E-state index in [1.54, 1.807) is 24.3 Å². The number of fused-ring (bicyclic) bond motifs is 5. The van der Waals surface area contributed by atoms with Crippen molar-refractivity contribution in [2.75, 3.05) is 13.1 Å². The van der Waals surface area contributed by atoms with Crippen LogP contribution in [0.1, 0.15) is 56.0 Å². The number of pyridine rings is 1. The Morgan fingerprint density at radius 3 is 2.61 bits per heavy atom. The summed E-state index contributed by atoms with van der Waals surface area (Å²) in [6.45, 7) is 1.90. The van der Waals surface area contributed by atoms with E-state index < -0.39 is 0 Å². The third kappa shape index (κ3) is 3.46. The van der Waals surface area contributed by atoms with Crippen LogP contribution < -0.4 is 5.56 Å². The van der Waals surface area contributed by atoms with Gasteiger partial charge in [0.1, 0.15) is 6.10 Å². The Bertz CT molecular complexity index is 1310. The van der Waals surface area contributed by atoms with Crippen LogP contribution in [0.4, 0.5) is 0 Å². The van der Waals surface area contributed by atoms with Crippen molar-refractivity contribution >= 4 is 11.9 Å². The van der Waals surface area contributed by atoms with E-state index in [0.29, 0.717) is 37.2 Å². The van der Waals surface area contributed by atoms with Crippen molar-refractivity contribution in [1.82, 2.24) is 9.47 Å². The second kappa shape index (κ2) is 7.73. The highest BCUT2D eigenvalue weighted by molar-refractivity contribution is 5.98. The average molecular weight is 440 g/mol. The number of hydrogen-bond acceptors (Lipinski definition) is 4. The Morgan fingerprint density at radius 1 is 0.909 bits per heavy atom. The molecule has 3 aliphatic rings. The van der Waals surface area contributed by atoms with Gasteiger partial charge in [-0.2, -0.15) is 0 Å². The molecule has 6 heteroatoms. The van der Waals surface area contributed by atoms with E-state index in [2.05, 4.69) is 0 Å². The van der Waals surface area contributed by atoms with Crippen LogP contribution in [0, 0.1) is 5.92 Å². The van der Waals surface area contributed by atoms with Gasteiger partial charge in [0.05, 0.1) is 5.56 Å². The summed E-state index contributed by atoms with van der Waals surface area (Å²) in [6.07, 6.45) is 1.20. The molecule has 0 aliphatic carbocycles. The molecule has 3 aliphatic heterocycles. The molecule has 33 heavy (non-hydrogen) atoms. The monoisotopic (exact) mass is 440 g/mol. The second-order valence-corrected chi connectivity index (χ2v) is 9.29. The van der Waals surface area contributed by atoms with Gasteiger partial charge in [-0.3, -0.25) is 9.59 Å². The number of ether oxygens (including phenoxy) is 1. The van der Waals surface area contributed by atoms with Gasteiger partial charge >= 0.3 is 5.97 Å². The van der Waals surface area contributed by atoms with Crippen LogP contribution in [-0.4, -0.2) is 34.4 Å². The molecule has 0 saturated carbocycles. The fraction of sp³-hybridized carbons (Fsp3) is 0.296. The minimum Gasteiger partial charge on any atom is -0.454 e. The van der Waals surface area contributed by atoms with E-state index in [-0.39, 0.29) is 35.4 Å². The zero-order valence-corrected chi connectivity index (χ0v) is 18.1. The average Bonchev–Trinajstić information content (AvgIpc) is 2.84. The maximum absolute atomic E-state index is 13.5. The number of esters is 1. The molecule has 1 amide bonds. The molecule has 0 radical (unpaired) electrons. The molecule has 3 atom stereocenters. The molecular formula is C27H24N2O4. The van der Waals surface area contributed by atoms with E-state index in [4.69, 9.17) is 4.74 Å². The van der Waals surface area contributed by atoms with E-state index in [1.165, 1.54) is 0 Å². The van der Waals surface area contributed by atoms with Crippen LogP contribution >= 0.6 is 0 Å². The first-order chi connectivity index (χ1) is 16.1. The van der Waals surface area contributed by atoms with Crippen LogP contribution in [0.5, 0.6) is 0 Å². The Hall–Kier alpha value is -3.67. The third-order valence-electron chi connectivity index (χ3n) is 7.17. The van der Waals surface area contributed by atoms with Crippen molar-refractivity contribution in [1.29, 1.82) is 0 Å². The fourth-order valence-corrected chi connectivity index (χ4v) is 5.63. The first-order valence-electron chi connectivity index (χ1n) is 11.4. The molecule has 2 aromatic carbocycles. The van der Waals surface area contributed by atoms with Crippen molar-refractivity contribution < 1.29 is 14.3 Å². The normalized spacial score (nSPS) is 23.3. The lowest BCUT2D eigenvalue weighted by Crippen LogP contribution is -2.49. The quantitative estimate of drug-likeness (QED) is 0.572. The second-order valence-electron chi connectivity index (χ2n) is 9.29. The molecule has 1 aromatic heterocycles. The van der Waals surface area contributed by atoms with Crippen molar-refractivity contribution in [3.05, 3.63) is 105 Å². The lowest BCUT2D eigenvalue weighted by Gasteiger charge is -2.42. The first-order valence-corrected chi connectivity index (χ1v) is 11.4. The molecule has 2 bridgehead atoms. The summed E-state index contributed by atoms with van der Waals surface area (Å²) in [5.74, 6) is 0.0777. The van der Waals surface area contributed by atoms with E-state index in [1.807, 2.05) is 51.9 Å². The SMILES string of the molecule is O=C1OC(c2ccccc2)Cc2cc(C(=O)N3CC4CC(C3)c3cccc(=O)n3C4)ccc21. The highest BCUT2D eigenvalue weighted by Gasteiger charge is 2.37. The van der Waals surface area contributed by atoms with Gasteiger partial charge in [-0.25, -0.2) is 4.79 Å². The van der Waals surface area contributed by atoms with Crippen molar-refractivity contribution in [2.24, 2.45) is 5.92 Å². The van der Waals surface area contributed by atoms with Crippen LogP contribution in [0.2, 0.25) is 0 Å². The molecular weight excluding hydrogens is 416 g/mol. The number of amides is 1. The number of likely N-dealkylation sites (tertiary alicyclic amines) is 1. The Labute approximate surface area is 191 Å². The molecule has 6 rings (SSSR count). The van der Waals surface area contributed by atoms with Gasteiger partial charge in [0.25, 0.3) is 11.5 Å².